The van der Waals surface area contributed by atoms with E-state index in [2.05, 4.69) is 20.6 Å². The quantitative estimate of drug-likeness (QED) is 0.0344. The lowest BCUT2D eigenvalue weighted by molar-refractivity contribution is -0.687. The normalized spacial score (nSPS) is 16.9. The minimum atomic E-state index is -1.20. The number of allylic oxidation sites excluding steroid dienone is 2. The number of carbonyl (C=O) groups excluding carboxylic acids is 3. The summed E-state index contributed by atoms with van der Waals surface area (Å²) in [5.41, 5.74) is 12.4. The second-order valence-electron chi connectivity index (χ2n) is 9.97. The minimum absolute atomic E-state index is 0. The number of nitrogens with one attached hydrogen (secondary N) is 2. The summed E-state index contributed by atoms with van der Waals surface area (Å²) >= 11 is 4.21. The molecular formula is C29H32Cl2N8O5S3. The Hall–Kier alpha value is -3.83. The molecule has 47 heavy (non-hydrogen) atoms. The number of para-hydroxylation sites is 1. The van der Waals surface area contributed by atoms with Crippen LogP contribution in [0, 0.1) is 0 Å². The van der Waals surface area contributed by atoms with Gasteiger partial charge in [-0.3, -0.25) is 24.3 Å². The van der Waals surface area contributed by atoms with Gasteiger partial charge in [0.05, 0.1) is 21.5 Å². The van der Waals surface area contributed by atoms with E-state index in [9.17, 15) is 24.3 Å². The van der Waals surface area contributed by atoms with Gasteiger partial charge < -0.3 is 39.6 Å². The highest BCUT2D eigenvalue weighted by Crippen LogP contribution is 2.40. The number of carbonyl (C=O) groups is 4. The highest BCUT2D eigenvalue weighted by atomic mass is 35.5. The van der Waals surface area contributed by atoms with Crippen molar-refractivity contribution in [2.75, 3.05) is 24.6 Å². The molecule has 1 saturated heterocycles. The number of pyridine rings is 1. The van der Waals surface area contributed by atoms with Crippen LogP contribution in [0.4, 0.5) is 0 Å². The number of nitrogens with zero attached hydrogens (tertiary/aromatic N) is 4. The molecule has 0 saturated carbocycles. The van der Waals surface area contributed by atoms with Crippen molar-refractivity contribution in [2.45, 2.75) is 28.7 Å². The predicted molar refractivity (Wildman–Crippen MR) is 181 cm³/mol. The summed E-state index contributed by atoms with van der Waals surface area (Å²) in [6.07, 6.45) is 7.60. The van der Waals surface area contributed by atoms with E-state index >= 15 is 0 Å². The zero-order valence-corrected chi connectivity index (χ0v) is 28.7. The Kier molecular flexibility index (Phi) is 13.9. The van der Waals surface area contributed by atoms with E-state index < -0.39 is 23.3 Å². The zero-order chi connectivity index (χ0) is 31.9. The van der Waals surface area contributed by atoms with E-state index in [0.29, 0.717) is 42.9 Å². The molecule has 7 N–H and O–H groups in total. The molecule has 2 aliphatic rings. The maximum atomic E-state index is 13.0. The zero-order valence-electron chi connectivity index (χ0n) is 24.7. The molecule has 2 aromatic heterocycles. The second-order valence-corrected chi connectivity index (χ2v) is 13.3. The van der Waals surface area contributed by atoms with Gasteiger partial charge in [0.15, 0.2) is 29.2 Å². The van der Waals surface area contributed by atoms with Crippen molar-refractivity contribution in [1.29, 1.82) is 0 Å². The van der Waals surface area contributed by atoms with E-state index in [0.717, 1.165) is 14.6 Å². The number of aliphatic imine (C=N–C) groups is 1. The summed E-state index contributed by atoms with van der Waals surface area (Å²) in [4.78, 5) is 59.8. The summed E-state index contributed by atoms with van der Waals surface area (Å²) in [6.45, 7) is 1.28. The van der Waals surface area contributed by atoms with Crippen LogP contribution < -0.4 is 39.1 Å². The molecule has 2 aliphatic heterocycles. The van der Waals surface area contributed by atoms with Crippen molar-refractivity contribution in [1.82, 2.24) is 20.5 Å². The topological polar surface area (TPSA) is 197 Å². The molecule has 13 nitrogen and oxygen atoms in total. The Morgan fingerprint density at radius 1 is 1.19 bits per heavy atom. The number of aromatic nitrogens is 2. The number of amides is 3. The monoisotopic (exact) mass is 738 g/mol. The molecule has 0 unspecified atom stereocenters. The molecular weight excluding hydrogens is 707 g/mol. The van der Waals surface area contributed by atoms with Crippen LogP contribution in [0.1, 0.15) is 16.8 Å². The number of halogens is 2. The fourth-order valence-corrected chi connectivity index (χ4v) is 7.86. The maximum Gasteiger partial charge on any atom is 0.352 e. The fraction of sp³-hybridized carbons (Fsp3) is 0.276. The van der Waals surface area contributed by atoms with Crippen LogP contribution in [-0.4, -0.2) is 80.7 Å². The number of hydrogen-bond acceptors (Lipinski definition) is 9. The lowest BCUT2D eigenvalue weighted by Gasteiger charge is -2.49. The highest BCUT2D eigenvalue weighted by Gasteiger charge is 2.53. The first-order valence-electron chi connectivity index (χ1n) is 13.9. The van der Waals surface area contributed by atoms with Crippen molar-refractivity contribution in [2.24, 2.45) is 16.5 Å². The van der Waals surface area contributed by atoms with Crippen LogP contribution >= 0.6 is 47.3 Å². The summed E-state index contributed by atoms with van der Waals surface area (Å²) in [5.74, 6) is -1.70. The predicted octanol–water partition coefficient (Wildman–Crippen LogP) is -1.51. The maximum absolute atomic E-state index is 13.0. The Morgan fingerprint density at radius 3 is 2.64 bits per heavy atom. The molecule has 0 spiro atoms. The number of thioether (sulfide) groups is 2. The van der Waals surface area contributed by atoms with Crippen LogP contribution in [-0.2, 0) is 20.9 Å². The minimum Gasteiger partial charge on any atom is -1.00 e. The smallest absolute Gasteiger partial charge is 0.352 e. The van der Waals surface area contributed by atoms with E-state index in [1.165, 1.54) is 39.8 Å². The first kappa shape index (κ1) is 37.6. The molecule has 0 radical (unpaired) electrons. The number of aliphatic carboxylic acids is 1. The van der Waals surface area contributed by atoms with Gasteiger partial charge in [-0.1, -0.05) is 30.0 Å². The Bertz CT molecular complexity index is 1680. The molecule has 0 aliphatic carbocycles. The van der Waals surface area contributed by atoms with Gasteiger partial charge in [0.25, 0.3) is 11.8 Å². The van der Waals surface area contributed by atoms with Crippen molar-refractivity contribution in [3.8, 4) is 0 Å². The van der Waals surface area contributed by atoms with Gasteiger partial charge in [-0.25, -0.2) is 14.3 Å². The van der Waals surface area contributed by atoms with Crippen molar-refractivity contribution >= 4 is 87.1 Å². The average molecular weight is 740 g/mol. The molecule has 18 heteroatoms. The number of benzene rings is 1. The number of fused-ring (bicyclic) bond motifs is 2. The first-order chi connectivity index (χ1) is 21.7. The van der Waals surface area contributed by atoms with Crippen LogP contribution in [0.5, 0.6) is 0 Å². The lowest BCUT2D eigenvalue weighted by Crippen LogP contribution is -3.00. The number of hydrogen-bond donors (Lipinski definition) is 5. The Morgan fingerprint density at radius 2 is 1.94 bits per heavy atom. The number of carboxylic acids is 1. The van der Waals surface area contributed by atoms with Gasteiger partial charge in [0.2, 0.25) is 5.91 Å². The number of carboxylic acid groups (broad SMARTS) is 1. The first-order valence-corrected chi connectivity index (χ1v) is 16.7. The van der Waals surface area contributed by atoms with Gasteiger partial charge in [-0.2, -0.15) is 0 Å². The standard InChI is InChI=1S/C29H30N8O5S3.2ClH/c30-28(31)33-11-4-10-32-24(39)17-8-13-36(14-9-17)12-3-5-18-15-43-26-22(25(40)37(26)23(18)27(41)42)35-21(38)16-44-29-34-19-6-1-2-7-20(19)45-29;;/h1-3,5-9,13-14,22,26H,4,10-12,15-16H2,(H6-,30,31,32,33,35,38,39,41,42);2*1H/b5-3+;;/t22-,26-;;/m1../s1. The number of rotatable bonds is 13. The molecule has 2 atom stereocenters. The highest BCUT2D eigenvalue weighted by molar-refractivity contribution is 8.01. The van der Waals surface area contributed by atoms with E-state index in [1.54, 1.807) is 36.7 Å². The Labute approximate surface area is 295 Å². The van der Waals surface area contributed by atoms with Crippen molar-refractivity contribution in [3.05, 3.63) is 77.8 Å². The number of thiazole rings is 1. The molecule has 5 rings (SSSR count). The van der Waals surface area contributed by atoms with Gasteiger partial charge in [-0.05, 0) is 30.2 Å². The molecule has 1 aromatic carbocycles. The largest absolute Gasteiger partial charge is 1.00 e. The van der Waals surface area contributed by atoms with Gasteiger partial charge in [-0.15, -0.1) is 35.5 Å². The third kappa shape index (κ3) is 9.38. The summed E-state index contributed by atoms with van der Waals surface area (Å²) in [5, 5.41) is 15.0. The number of guanidine groups is 1. The number of nitrogens with two attached hydrogens (primary N) is 2. The van der Waals surface area contributed by atoms with Crippen LogP contribution in [0.25, 0.3) is 10.2 Å². The van der Waals surface area contributed by atoms with Crippen molar-refractivity contribution in [3.63, 3.8) is 0 Å². The SMILES string of the molecule is Cl.NC(N)=NCCCNC(=O)c1cc[n+](C/C=C/C2=C(C(=O)O)N3C(=O)[C@@H](NC(=O)CSc4nc5ccccc5s4)[C@H]3SC2)cc1.[Cl-]. The molecule has 250 valence electrons. The molecule has 4 heterocycles. The average Bonchev–Trinajstić information content (AvgIpc) is 3.45. The lowest BCUT2D eigenvalue weighted by atomic mass is 10.0. The van der Waals surface area contributed by atoms with Gasteiger partial charge in [0.1, 0.15) is 17.1 Å². The van der Waals surface area contributed by atoms with Gasteiger partial charge >= 0.3 is 5.97 Å². The fourth-order valence-electron chi connectivity index (χ4n) is 4.66. The summed E-state index contributed by atoms with van der Waals surface area (Å²) in [6, 6.07) is 10.3. The summed E-state index contributed by atoms with van der Waals surface area (Å²) in [7, 11) is 0. The summed E-state index contributed by atoms with van der Waals surface area (Å²) < 4.78 is 3.63. The molecule has 1 fully saturated rings. The molecule has 3 amide bonds. The Balaban J connectivity index is 0.00000300. The van der Waals surface area contributed by atoms with Gasteiger partial charge in [0, 0.05) is 31.0 Å². The molecule has 0 bridgehead atoms. The van der Waals surface area contributed by atoms with Crippen molar-refractivity contribution < 1.29 is 41.3 Å². The second kappa shape index (κ2) is 17.4. The van der Waals surface area contributed by atoms with Crippen LogP contribution in [0.2, 0.25) is 0 Å². The van der Waals surface area contributed by atoms with E-state index in [1.807, 2.05) is 28.8 Å². The van der Waals surface area contributed by atoms with E-state index in [4.69, 9.17) is 11.5 Å². The van der Waals surface area contributed by atoms with Crippen LogP contribution in [0.15, 0.2) is 81.5 Å². The molecule has 3 aromatic rings. The number of β-lactam (4-membered cyclic amide) rings is 1. The van der Waals surface area contributed by atoms with Crippen LogP contribution in [0.3, 0.4) is 0 Å². The third-order valence-corrected chi connectivity index (χ3v) is 10.3. The van der Waals surface area contributed by atoms with E-state index in [-0.39, 0.29) is 54.0 Å². The third-order valence-electron chi connectivity index (χ3n) is 6.82.